The SMILES string of the molecule is CCOS(=O)(=O)C(CC)Nc1ccc2ccccc2c1[N+](=O)[O-]. The molecule has 0 aliphatic heterocycles. The van der Waals surface area contributed by atoms with Crippen LogP contribution in [0.2, 0.25) is 0 Å². The van der Waals surface area contributed by atoms with Crippen molar-refractivity contribution in [3.05, 3.63) is 46.5 Å². The molecule has 2 aromatic carbocycles. The summed E-state index contributed by atoms with van der Waals surface area (Å²) in [6.07, 6.45) is 0.215. The maximum atomic E-state index is 12.1. The van der Waals surface area contributed by atoms with Crippen molar-refractivity contribution in [1.82, 2.24) is 0 Å². The number of hydrogen-bond acceptors (Lipinski definition) is 6. The largest absolute Gasteiger partial charge is 0.362 e. The van der Waals surface area contributed by atoms with E-state index in [-0.39, 0.29) is 24.4 Å². The summed E-state index contributed by atoms with van der Waals surface area (Å²) in [7, 11) is -3.85. The lowest BCUT2D eigenvalue weighted by atomic mass is 10.1. The third-order valence-electron chi connectivity index (χ3n) is 3.40. The van der Waals surface area contributed by atoms with E-state index in [2.05, 4.69) is 5.32 Å². The molecule has 2 rings (SSSR count). The third-order valence-corrected chi connectivity index (χ3v) is 5.11. The molecule has 0 amide bonds. The number of nitro benzene ring substituents is 1. The van der Waals surface area contributed by atoms with Gasteiger partial charge in [-0.15, -0.1) is 0 Å². The van der Waals surface area contributed by atoms with Gasteiger partial charge in [-0.1, -0.05) is 31.2 Å². The Labute approximate surface area is 134 Å². The van der Waals surface area contributed by atoms with Gasteiger partial charge in [0.1, 0.15) is 5.69 Å². The quantitative estimate of drug-likeness (QED) is 0.472. The van der Waals surface area contributed by atoms with E-state index in [0.717, 1.165) is 0 Å². The van der Waals surface area contributed by atoms with Crippen molar-refractivity contribution < 1.29 is 17.5 Å². The standard InChI is InChI=1S/C15H18N2O5S/c1-3-14(23(20,21)22-4-2)16-13-10-9-11-7-5-6-8-12(11)15(13)17(18)19/h5-10,14,16H,3-4H2,1-2H3. The average Bonchev–Trinajstić information content (AvgIpc) is 2.51. The van der Waals surface area contributed by atoms with E-state index in [1.165, 1.54) is 6.07 Å². The lowest BCUT2D eigenvalue weighted by Gasteiger charge is -2.18. The minimum absolute atomic E-state index is 0.0142. The van der Waals surface area contributed by atoms with Crippen LogP contribution in [0.15, 0.2) is 36.4 Å². The molecule has 1 N–H and O–H groups in total. The smallest absolute Gasteiger partial charge is 0.300 e. The van der Waals surface area contributed by atoms with Gasteiger partial charge in [-0.3, -0.25) is 14.3 Å². The van der Waals surface area contributed by atoms with Crippen LogP contribution in [-0.2, 0) is 14.3 Å². The minimum atomic E-state index is -3.85. The van der Waals surface area contributed by atoms with E-state index in [4.69, 9.17) is 4.18 Å². The number of anilines is 1. The molecule has 1 unspecified atom stereocenters. The molecular weight excluding hydrogens is 320 g/mol. The van der Waals surface area contributed by atoms with Gasteiger partial charge in [0.25, 0.3) is 15.8 Å². The van der Waals surface area contributed by atoms with Crippen LogP contribution in [0.5, 0.6) is 0 Å². The molecule has 0 saturated carbocycles. The molecule has 0 fully saturated rings. The van der Waals surface area contributed by atoms with Crippen LogP contribution >= 0.6 is 0 Å². The molecule has 0 bridgehead atoms. The van der Waals surface area contributed by atoms with E-state index in [1.807, 2.05) is 0 Å². The molecule has 8 heteroatoms. The molecule has 0 saturated heterocycles. The Morgan fingerprint density at radius 1 is 1.22 bits per heavy atom. The molecule has 124 valence electrons. The lowest BCUT2D eigenvalue weighted by molar-refractivity contribution is -0.382. The molecule has 0 spiro atoms. The molecule has 0 aliphatic rings. The summed E-state index contributed by atoms with van der Waals surface area (Å²) in [6, 6.07) is 10.1. The van der Waals surface area contributed by atoms with Crippen LogP contribution in [0.1, 0.15) is 20.3 Å². The topological polar surface area (TPSA) is 98.5 Å². The number of benzene rings is 2. The van der Waals surface area contributed by atoms with Gasteiger partial charge in [0.05, 0.1) is 16.9 Å². The van der Waals surface area contributed by atoms with Crippen LogP contribution in [-0.4, -0.2) is 25.3 Å². The number of rotatable bonds is 7. The first-order valence-corrected chi connectivity index (χ1v) is 8.68. The van der Waals surface area contributed by atoms with E-state index in [0.29, 0.717) is 10.8 Å². The average molecular weight is 338 g/mol. The Bertz CT molecular complexity index is 820. The van der Waals surface area contributed by atoms with Crippen molar-refractivity contribution in [3.63, 3.8) is 0 Å². The lowest BCUT2D eigenvalue weighted by Crippen LogP contribution is -2.30. The molecule has 7 nitrogen and oxygen atoms in total. The molecule has 0 heterocycles. The van der Waals surface area contributed by atoms with E-state index >= 15 is 0 Å². The fourth-order valence-electron chi connectivity index (χ4n) is 2.37. The highest BCUT2D eigenvalue weighted by Gasteiger charge is 2.28. The summed E-state index contributed by atoms with van der Waals surface area (Å²) in [6.45, 7) is 3.25. The molecular formula is C15H18N2O5S. The number of nitrogens with zero attached hydrogens (tertiary/aromatic N) is 1. The maximum absolute atomic E-state index is 12.1. The van der Waals surface area contributed by atoms with Gasteiger partial charge in [0, 0.05) is 0 Å². The second-order valence-electron chi connectivity index (χ2n) is 4.88. The Morgan fingerprint density at radius 2 is 1.91 bits per heavy atom. The summed E-state index contributed by atoms with van der Waals surface area (Å²) in [4.78, 5) is 11.0. The summed E-state index contributed by atoms with van der Waals surface area (Å²) in [5.74, 6) is 0. The van der Waals surface area contributed by atoms with Crippen LogP contribution < -0.4 is 5.32 Å². The van der Waals surface area contributed by atoms with Crippen LogP contribution in [0.3, 0.4) is 0 Å². The van der Waals surface area contributed by atoms with Crippen molar-refractivity contribution in [2.45, 2.75) is 25.6 Å². The summed E-state index contributed by atoms with van der Waals surface area (Å²) in [5, 5.41) is 14.3. The van der Waals surface area contributed by atoms with Crippen LogP contribution in [0.4, 0.5) is 11.4 Å². The zero-order chi connectivity index (χ0) is 17.0. The van der Waals surface area contributed by atoms with Gasteiger partial charge in [-0.2, -0.15) is 8.42 Å². The summed E-state index contributed by atoms with van der Waals surface area (Å²) >= 11 is 0. The van der Waals surface area contributed by atoms with Crippen molar-refractivity contribution >= 4 is 32.3 Å². The number of nitro groups is 1. The van der Waals surface area contributed by atoms with Crippen molar-refractivity contribution in [2.75, 3.05) is 11.9 Å². The monoisotopic (exact) mass is 338 g/mol. The van der Waals surface area contributed by atoms with Crippen LogP contribution in [0, 0.1) is 10.1 Å². The number of nitrogens with one attached hydrogen (secondary N) is 1. The van der Waals surface area contributed by atoms with E-state index in [1.54, 1.807) is 44.2 Å². The van der Waals surface area contributed by atoms with Gasteiger partial charge in [-0.25, -0.2) is 0 Å². The summed E-state index contributed by atoms with van der Waals surface area (Å²) < 4.78 is 28.9. The number of fused-ring (bicyclic) bond motifs is 1. The Kier molecular flexibility index (Phi) is 5.17. The third kappa shape index (κ3) is 3.59. The Morgan fingerprint density at radius 3 is 2.52 bits per heavy atom. The molecule has 0 radical (unpaired) electrons. The Balaban J connectivity index is 2.51. The van der Waals surface area contributed by atoms with Gasteiger partial charge in [-0.05, 0) is 30.9 Å². The zero-order valence-corrected chi connectivity index (χ0v) is 13.7. The molecule has 2 aromatic rings. The van der Waals surface area contributed by atoms with Crippen molar-refractivity contribution in [3.8, 4) is 0 Å². The first kappa shape index (κ1) is 17.2. The summed E-state index contributed by atoms with van der Waals surface area (Å²) in [5.41, 5.74) is 0.0112. The van der Waals surface area contributed by atoms with Crippen molar-refractivity contribution in [1.29, 1.82) is 0 Å². The molecule has 23 heavy (non-hydrogen) atoms. The second kappa shape index (κ2) is 6.93. The first-order chi connectivity index (χ1) is 10.9. The maximum Gasteiger partial charge on any atom is 0.300 e. The second-order valence-corrected chi connectivity index (χ2v) is 6.67. The van der Waals surface area contributed by atoms with Gasteiger partial charge in [0.2, 0.25) is 0 Å². The molecule has 0 aliphatic carbocycles. The van der Waals surface area contributed by atoms with Gasteiger partial charge >= 0.3 is 0 Å². The van der Waals surface area contributed by atoms with Crippen molar-refractivity contribution in [2.24, 2.45) is 0 Å². The highest BCUT2D eigenvalue weighted by atomic mass is 32.2. The van der Waals surface area contributed by atoms with E-state index in [9.17, 15) is 18.5 Å². The van der Waals surface area contributed by atoms with E-state index < -0.39 is 20.4 Å². The first-order valence-electron chi connectivity index (χ1n) is 7.21. The predicted octanol–water partition coefficient (Wildman–Crippen LogP) is 3.26. The minimum Gasteiger partial charge on any atom is -0.362 e. The Hall–Kier alpha value is -2.19. The van der Waals surface area contributed by atoms with Gasteiger partial charge < -0.3 is 5.32 Å². The number of hydrogen-bond donors (Lipinski definition) is 1. The molecule has 0 aromatic heterocycles. The van der Waals surface area contributed by atoms with Crippen LogP contribution in [0.25, 0.3) is 10.8 Å². The zero-order valence-electron chi connectivity index (χ0n) is 12.9. The molecule has 1 atom stereocenters. The fraction of sp³-hybridized carbons (Fsp3) is 0.333. The normalized spacial score (nSPS) is 13.0. The highest BCUT2D eigenvalue weighted by Crippen LogP contribution is 2.34. The van der Waals surface area contributed by atoms with Gasteiger partial charge in [0.15, 0.2) is 5.37 Å². The highest BCUT2D eigenvalue weighted by molar-refractivity contribution is 7.87. The predicted molar refractivity (Wildman–Crippen MR) is 88.8 cm³/mol. The fourth-order valence-corrected chi connectivity index (χ4v) is 3.54.